The minimum absolute atomic E-state index is 0.0163. The molecule has 1 saturated heterocycles. The Morgan fingerprint density at radius 2 is 1.83 bits per heavy atom. The van der Waals surface area contributed by atoms with Gasteiger partial charge in [0, 0.05) is 5.69 Å². The molecule has 1 heterocycles. The molecule has 0 atom stereocenters. The summed E-state index contributed by atoms with van der Waals surface area (Å²) in [5, 5.41) is 11.0. The molecular weight excluding hydrogens is 404 g/mol. The molecule has 0 spiro atoms. The average Bonchev–Trinajstić information content (AvgIpc) is 2.96. The van der Waals surface area contributed by atoms with Gasteiger partial charge in [-0.3, -0.25) is 19.3 Å². The highest BCUT2D eigenvalue weighted by Gasteiger charge is 2.36. The van der Waals surface area contributed by atoms with Crippen LogP contribution in [0.4, 0.5) is 10.5 Å². The molecule has 0 bridgehead atoms. The van der Waals surface area contributed by atoms with E-state index in [1.54, 1.807) is 6.08 Å². The lowest BCUT2D eigenvalue weighted by atomic mass is 10.1. The van der Waals surface area contributed by atoms with Gasteiger partial charge in [-0.1, -0.05) is 42.5 Å². The molecule has 1 aliphatic rings. The Balaban J connectivity index is 1.67. The van der Waals surface area contributed by atoms with E-state index in [1.165, 1.54) is 24.3 Å². The third-order valence-corrected chi connectivity index (χ3v) is 5.03. The fourth-order valence-corrected chi connectivity index (χ4v) is 3.66. The number of thioether (sulfide) groups is 1. The number of hydrogen-bond acceptors (Lipinski definition) is 5. The molecule has 8 heteroatoms. The molecule has 0 aliphatic carbocycles. The van der Waals surface area contributed by atoms with E-state index in [-0.39, 0.29) is 16.2 Å². The highest BCUT2D eigenvalue weighted by Crippen LogP contribution is 2.31. The van der Waals surface area contributed by atoms with E-state index in [9.17, 15) is 19.2 Å². The monoisotopic (exact) mass is 422 g/mol. The summed E-state index contributed by atoms with van der Waals surface area (Å²) in [6.45, 7) is 1.36. The van der Waals surface area contributed by atoms with E-state index in [2.05, 4.69) is 5.32 Å². The van der Waals surface area contributed by atoms with Gasteiger partial charge >= 0.3 is 5.97 Å². The van der Waals surface area contributed by atoms with Crippen molar-refractivity contribution >= 4 is 46.5 Å². The molecule has 0 aromatic heterocycles. The molecule has 3 amide bonds. The predicted molar refractivity (Wildman–Crippen MR) is 115 cm³/mol. The lowest BCUT2D eigenvalue weighted by Crippen LogP contribution is -2.36. The summed E-state index contributed by atoms with van der Waals surface area (Å²) in [6.07, 6.45) is 3.50. The summed E-state index contributed by atoms with van der Waals surface area (Å²) in [5.74, 6) is -2.26. The second-order valence-electron chi connectivity index (χ2n) is 6.50. The number of amides is 3. The number of nitrogens with zero attached hydrogens (tertiary/aromatic N) is 1. The van der Waals surface area contributed by atoms with Crippen LogP contribution in [-0.4, -0.2) is 39.6 Å². The maximum absolute atomic E-state index is 12.6. The average molecular weight is 422 g/mol. The Kier molecular flexibility index (Phi) is 6.48. The number of allylic oxidation sites excluding steroid dienone is 2. The van der Waals surface area contributed by atoms with Gasteiger partial charge in [0.15, 0.2) is 0 Å². The molecule has 7 nitrogen and oxygen atoms in total. The summed E-state index contributed by atoms with van der Waals surface area (Å²) in [5.41, 5.74) is 2.04. The van der Waals surface area contributed by atoms with Crippen LogP contribution < -0.4 is 5.32 Å². The van der Waals surface area contributed by atoms with E-state index in [0.717, 1.165) is 27.8 Å². The molecule has 3 rings (SSSR count). The molecule has 2 aromatic carbocycles. The Labute approximate surface area is 177 Å². The van der Waals surface area contributed by atoms with E-state index >= 15 is 0 Å². The first-order chi connectivity index (χ1) is 14.3. The first kappa shape index (κ1) is 21.1. The van der Waals surface area contributed by atoms with Gasteiger partial charge in [-0.15, -0.1) is 0 Å². The molecule has 0 saturated carbocycles. The van der Waals surface area contributed by atoms with Crippen molar-refractivity contribution in [3.8, 4) is 0 Å². The van der Waals surface area contributed by atoms with Gasteiger partial charge in [0.2, 0.25) is 5.91 Å². The van der Waals surface area contributed by atoms with Crippen LogP contribution in [0, 0.1) is 0 Å². The first-order valence-corrected chi connectivity index (χ1v) is 9.77. The molecule has 1 aliphatic heterocycles. The fourth-order valence-electron chi connectivity index (χ4n) is 2.77. The van der Waals surface area contributed by atoms with Gasteiger partial charge < -0.3 is 10.4 Å². The van der Waals surface area contributed by atoms with Gasteiger partial charge in [0.05, 0.1) is 10.5 Å². The van der Waals surface area contributed by atoms with Crippen molar-refractivity contribution in [2.45, 2.75) is 6.92 Å². The number of benzene rings is 2. The Bertz CT molecular complexity index is 1080. The van der Waals surface area contributed by atoms with Crippen LogP contribution in [-0.2, 0) is 9.59 Å². The molecule has 2 N–H and O–H groups in total. The highest BCUT2D eigenvalue weighted by molar-refractivity contribution is 8.18. The Hall–Kier alpha value is -3.65. The lowest BCUT2D eigenvalue weighted by Gasteiger charge is -2.12. The molecule has 0 unspecified atom stereocenters. The minimum Gasteiger partial charge on any atom is -0.478 e. The fraction of sp³-hybridized carbons (Fsp3) is 0.0909. The van der Waals surface area contributed by atoms with Gasteiger partial charge in [-0.2, -0.15) is 0 Å². The van der Waals surface area contributed by atoms with Crippen molar-refractivity contribution < 1.29 is 24.3 Å². The number of carbonyl (C=O) groups excluding carboxylic acids is 3. The number of carboxylic acids is 1. The van der Waals surface area contributed by atoms with Crippen LogP contribution >= 0.6 is 11.8 Å². The van der Waals surface area contributed by atoms with Crippen molar-refractivity contribution in [1.29, 1.82) is 0 Å². The van der Waals surface area contributed by atoms with E-state index in [1.807, 2.05) is 43.3 Å². The van der Waals surface area contributed by atoms with E-state index < -0.39 is 29.6 Å². The molecular formula is C22H18N2O5S. The predicted octanol–water partition coefficient (Wildman–Crippen LogP) is 4.01. The van der Waals surface area contributed by atoms with Crippen LogP contribution in [0.25, 0.3) is 6.08 Å². The number of anilines is 1. The lowest BCUT2D eigenvalue weighted by molar-refractivity contribution is -0.127. The second-order valence-corrected chi connectivity index (χ2v) is 7.49. The normalized spacial score (nSPS) is 15.6. The van der Waals surface area contributed by atoms with Crippen LogP contribution in [0.1, 0.15) is 22.8 Å². The van der Waals surface area contributed by atoms with Crippen molar-refractivity contribution in [2.24, 2.45) is 0 Å². The maximum atomic E-state index is 12.6. The molecule has 152 valence electrons. The first-order valence-electron chi connectivity index (χ1n) is 8.95. The molecule has 30 heavy (non-hydrogen) atoms. The van der Waals surface area contributed by atoms with Crippen molar-refractivity contribution in [1.82, 2.24) is 4.90 Å². The van der Waals surface area contributed by atoms with E-state index in [0.29, 0.717) is 0 Å². The largest absolute Gasteiger partial charge is 0.478 e. The van der Waals surface area contributed by atoms with Gasteiger partial charge in [0.1, 0.15) is 6.54 Å². The number of imide groups is 1. The SMILES string of the molecule is CC(/C=C1\SC(=O)N(CC(=O)Nc2cccc(C(=O)O)c2)C1=O)=C\c1ccccc1. The topological polar surface area (TPSA) is 104 Å². The smallest absolute Gasteiger partial charge is 0.335 e. The third kappa shape index (κ3) is 5.24. The van der Waals surface area contributed by atoms with E-state index in [4.69, 9.17) is 5.11 Å². The quantitative estimate of drug-likeness (QED) is 0.682. The van der Waals surface area contributed by atoms with Crippen LogP contribution in [0.2, 0.25) is 0 Å². The third-order valence-electron chi connectivity index (χ3n) is 4.12. The number of aromatic carboxylic acids is 1. The zero-order valence-electron chi connectivity index (χ0n) is 16.0. The van der Waals surface area contributed by atoms with Gasteiger partial charge in [-0.05, 0) is 54.1 Å². The summed E-state index contributed by atoms with van der Waals surface area (Å²) >= 11 is 0.775. The zero-order chi connectivity index (χ0) is 21.7. The minimum atomic E-state index is -1.12. The van der Waals surface area contributed by atoms with Crippen LogP contribution in [0.15, 0.2) is 71.2 Å². The molecule has 1 fully saturated rings. The van der Waals surface area contributed by atoms with Crippen molar-refractivity contribution in [2.75, 3.05) is 11.9 Å². The summed E-state index contributed by atoms with van der Waals surface area (Å²) in [7, 11) is 0. The van der Waals surface area contributed by atoms with Crippen molar-refractivity contribution in [3.05, 3.63) is 82.3 Å². The standard InChI is InChI=1S/C22H18N2O5S/c1-14(10-15-6-3-2-4-7-15)11-18-20(26)24(22(29)30-18)13-19(25)23-17-9-5-8-16(12-17)21(27)28/h2-12H,13H2,1H3,(H,23,25)(H,27,28)/b14-10+,18-11-. The Morgan fingerprint density at radius 3 is 2.53 bits per heavy atom. The summed E-state index contributed by atoms with van der Waals surface area (Å²) < 4.78 is 0. The van der Waals surface area contributed by atoms with Gasteiger partial charge in [-0.25, -0.2) is 4.79 Å². The number of carbonyl (C=O) groups is 4. The zero-order valence-corrected chi connectivity index (χ0v) is 16.8. The van der Waals surface area contributed by atoms with Crippen LogP contribution in [0.5, 0.6) is 0 Å². The highest BCUT2D eigenvalue weighted by atomic mass is 32.2. The molecule has 2 aromatic rings. The van der Waals surface area contributed by atoms with Crippen molar-refractivity contribution in [3.63, 3.8) is 0 Å². The second kappa shape index (κ2) is 9.23. The molecule has 0 radical (unpaired) electrons. The summed E-state index contributed by atoms with van der Waals surface area (Å²) in [6, 6.07) is 15.3. The number of hydrogen-bond donors (Lipinski definition) is 2. The Morgan fingerprint density at radius 1 is 1.10 bits per heavy atom. The summed E-state index contributed by atoms with van der Waals surface area (Å²) in [4.78, 5) is 49.2. The van der Waals surface area contributed by atoms with Gasteiger partial charge in [0.25, 0.3) is 11.1 Å². The maximum Gasteiger partial charge on any atom is 0.335 e. The number of nitrogens with one attached hydrogen (secondary N) is 1. The number of carboxylic acid groups (broad SMARTS) is 1. The number of rotatable bonds is 6. The van der Waals surface area contributed by atoms with Crippen LogP contribution in [0.3, 0.4) is 0 Å².